The minimum atomic E-state index is -0.370. The summed E-state index contributed by atoms with van der Waals surface area (Å²) < 4.78 is 0. The van der Waals surface area contributed by atoms with Crippen LogP contribution in [0.25, 0.3) is 0 Å². The van der Waals surface area contributed by atoms with Crippen molar-refractivity contribution in [2.75, 3.05) is 12.0 Å². The monoisotopic (exact) mass is 264 g/mol. The first-order valence-electron chi connectivity index (χ1n) is 6.63. The zero-order valence-electron chi connectivity index (χ0n) is 11.1. The number of likely N-dealkylation sites (tertiary alicyclic amines) is 1. The number of hydrogen-bond donors (Lipinski definition) is 2. The standard InChI is InChI=1S/C13H20N4O2/c1-2-11-4-3-7-16(11)9-10-8-12(17(18)19)5-6-13(10)15-14/h5-6,8,11,15H,2-4,7,9,14H2,1H3. The zero-order chi connectivity index (χ0) is 13.8. The molecule has 0 aromatic heterocycles. The van der Waals surface area contributed by atoms with Gasteiger partial charge in [0.1, 0.15) is 0 Å². The summed E-state index contributed by atoms with van der Waals surface area (Å²) in [5.74, 6) is 5.48. The van der Waals surface area contributed by atoms with Crippen molar-refractivity contribution in [2.45, 2.75) is 38.8 Å². The zero-order valence-corrected chi connectivity index (χ0v) is 11.1. The molecule has 1 heterocycles. The van der Waals surface area contributed by atoms with E-state index in [1.54, 1.807) is 12.1 Å². The largest absolute Gasteiger partial charge is 0.324 e. The second-order valence-electron chi connectivity index (χ2n) is 4.92. The van der Waals surface area contributed by atoms with Crippen LogP contribution >= 0.6 is 0 Å². The van der Waals surface area contributed by atoms with E-state index in [2.05, 4.69) is 17.2 Å². The summed E-state index contributed by atoms with van der Waals surface area (Å²) in [7, 11) is 0. The van der Waals surface area contributed by atoms with Crippen LogP contribution in [0.3, 0.4) is 0 Å². The van der Waals surface area contributed by atoms with E-state index in [1.807, 2.05) is 0 Å². The van der Waals surface area contributed by atoms with Gasteiger partial charge in [0.2, 0.25) is 0 Å². The summed E-state index contributed by atoms with van der Waals surface area (Å²) in [5, 5.41) is 10.9. The highest BCUT2D eigenvalue weighted by Crippen LogP contribution is 2.27. The number of hydrogen-bond acceptors (Lipinski definition) is 5. The van der Waals surface area contributed by atoms with Crippen LogP contribution in [0.2, 0.25) is 0 Å². The third-order valence-electron chi connectivity index (χ3n) is 3.80. The second kappa shape index (κ2) is 5.99. The van der Waals surface area contributed by atoms with Crippen molar-refractivity contribution in [3.63, 3.8) is 0 Å². The molecule has 104 valence electrons. The topological polar surface area (TPSA) is 84.4 Å². The Morgan fingerprint density at radius 3 is 3.00 bits per heavy atom. The molecule has 1 unspecified atom stereocenters. The van der Waals surface area contributed by atoms with Gasteiger partial charge in [0.25, 0.3) is 5.69 Å². The first-order chi connectivity index (χ1) is 9.15. The molecule has 0 spiro atoms. The van der Waals surface area contributed by atoms with Crippen LogP contribution < -0.4 is 11.3 Å². The van der Waals surface area contributed by atoms with Crippen LogP contribution in [-0.2, 0) is 6.54 Å². The Balaban J connectivity index is 2.22. The minimum Gasteiger partial charge on any atom is -0.324 e. The van der Waals surface area contributed by atoms with Crippen LogP contribution in [0.15, 0.2) is 18.2 Å². The molecule has 1 aromatic rings. The van der Waals surface area contributed by atoms with E-state index >= 15 is 0 Å². The van der Waals surface area contributed by atoms with E-state index in [0.717, 1.165) is 24.2 Å². The first kappa shape index (κ1) is 13.8. The molecular weight excluding hydrogens is 244 g/mol. The Kier molecular flexibility index (Phi) is 4.34. The second-order valence-corrected chi connectivity index (χ2v) is 4.92. The first-order valence-corrected chi connectivity index (χ1v) is 6.63. The molecule has 0 bridgehead atoms. The molecule has 1 aromatic carbocycles. The Hall–Kier alpha value is -1.66. The Bertz CT molecular complexity index is 464. The van der Waals surface area contributed by atoms with Gasteiger partial charge in [-0.3, -0.25) is 20.9 Å². The van der Waals surface area contributed by atoms with E-state index in [9.17, 15) is 10.1 Å². The molecule has 19 heavy (non-hydrogen) atoms. The predicted octanol–water partition coefficient (Wildman–Crippen LogP) is 2.25. The number of nitrogens with zero attached hydrogens (tertiary/aromatic N) is 2. The van der Waals surface area contributed by atoms with E-state index in [-0.39, 0.29) is 10.6 Å². The van der Waals surface area contributed by atoms with E-state index < -0.39 is 0 Å². The average molecular weight is 264 g/mol. The number of rotatable bonds is 5. The lowest BCUT2D eigenvalue weighted by Crippen LogP contribution is -2.28. The molecule has 6 nitrogen and oxygen atoms in total. The number of hydrazine groups is 1. The van der Waals surface area contributed by atoms with Gasteiger partial charge in [-0.25, -0.2) is 0 Å². The highest BCUT2D eigenvalue weighted by atomic mass is 16.6. The summed E-state index contributed by atoms with van der Waals surface area (Å²) in [6.07, 6.45) is 3.51. The Morgan fingerprint density at radius 2 is 2.37 bits per heavy atom. The Morgan fingerprint density at radius 1 is 1.58 bits per heavy atom. The maximum Gasteiger partial charge on any atom is 0.269 e. The van der Waals surface area contributed by atoms with Crippen LogP contribution in [0.4, 0.5) is 11.4 Å². The van der Waals surface area contributed by atoms with Gasteiger partial charge < -0.3 is 5.43 Å². The molecule has 2 rings (SSSR count). The fraction of sp³-hybridized carbons (Fsp3) is 0.538. The van der Waals surface area contributed by atoms with Crippen molar-refractivity contribution in [1.29, 1.82) is 0 Å². The smallest absolute Gasteiger partial charge is 0.269 e. The number of nitrogen functional groups attached to an aromatic ring is 1. The van der Waals surface area contributed by atoms with Crippen molar-refractivity contribution in [1.82, 2.24) is 4.90 Å². The van der Waals surface area contributed by atoms with Gasteiger partial charge in [-0.15, -0.1) is 0 Å². The number of nitro benzene ring substituents is 1. The fourth-order valence-electron chi connectivity index (χ4n) is 2.75. The lowest BCUT2D eigenvalue weighted by Gasteiger charge is -2.24. The van der Waals surface area contributed by atoms with Crippen molar-refractivity contribution >= 4 is 11.4 Å². The number of nitrogens with two attached hydrogens (primary N) is 1. The number of benzene rings is 1. The minimum absolute atomic E-state index is 0.112. The van der Waals surface area contributed by atoms with Gasteiger partial charge >= 0.3 is 0 Å². The predicted molar refractivity (Wildman–Crippen MR) is 74.6 cm³/mol. The molecule has 0 radical (unpaired) electrons. The van der Waals surface area contributed by atoms with E-state index in [4.69, 9.17) is 5.84 Å². The van der Waals surface area contributed by atoms with Gasteiger partial charge in [0.15, 0.2) is 0 Å². The van der Waals surface area contributed by atoms with Crippen molar-refractivity contribution < 1.29 is 4.92 Å². The van der Waals surface area contributed by atoms with Crippen LogP contribution in [0, 0.1) is 10.1 Å². The Labute approximate surface area is 112 Å². The number of anilines is 1. The SMILES string of the molecule is CCC1CCCN1Cc1cc([N+](=O)[O-])ccc1NN. The lowest BCUT2D eigenvalue weighted by atomic mass is 10.1. The number of nitrogens with one attached hydrogen (secondary N) is 1. The molecule has 0 saturated carbocycles. The van der Waals surface area contributed by atoms with Gasteiger partial charge in [-0.2, -0.15) is 0 Å². The summed E-state index contributed by atoms with van der Waals surface area (Å²) >= 11 is 0. The maximum absolute atomic E-state index is 10.9. The van der Waals surface area contributed by atoms with Gasteiger partial charge in [0.05, 0.1) is 10.6 Å². The third kappa shape index (κ3) is 3.02. The van der Waals surface area contributed by atoms with Crippen molar-refractivity contribution in [3.8, 4) is 0 Å². The normalized spacial score (nSPS) is 19.6. The summed E-state index contributed by atoms with van der Waals surface area (Å²) in [4.78, 5) is 12.9. The van der Waals surface area contributed by atoms with Crippen LogP contribution in [0.5, 0.6) is 0 Å². The lowest BCUT2D eigenvalue weighted by molar-refractivity contribution is -0.384. The molecular formula is C13H20N4O2. The highest BCUT2D eigenvalue weighted by molar-refractivity contribution is 5.55. The molecule has 1 fully saturated rings. The summed E-state index contributed by atoms with van der Waals surface area (Å²) in [6, 6.07) is 5.33. The van der Waals surface area contributed by atoms with Gasteiger partial charge in [-0.05, 0) is 37.4 Å². The molecule has 0 amide bonds. The summed E-state index contributed by atoms with van der Waals surface area (Å²) in [5.41, 5.74) is 4.37. The van der Waals surface area contributed by atoms with Crippen LogP contribution in [-0.4, -0.2) is 22.4 Å². The van der Waals surface area contributed by atoms with Crippen molar-refractivity contribution in [2.24, 2.45) is 5.84 Å². The van der Waals surface area contributed by atoms with Crippen molar-refractivity contribution in [3.05, 3.63) is 33.9 Å². The quantitative estimate of drug-likeness (QED) is 0.484. The molecule has 1 saturated heterocycles. The molecule has 1 aliphatic rings. The van der Waals surface area contributed by atoms with Gasteiger partial charge in [0, 0.05) is 24.7 Å². The average Bonchev–Trinajstić information content (AvgIpc) is 2.85. The molecule has 6 heteroatoms. The summed E-state index contributed by atoms with van der Waals surface area (Å²) in [6.45, 7) is 3.93. The molecule has 3 N–H and O–H groups in total. The molecule has 1 atom stereocenters. The van der Waals surface area contributed by atoms with Crippen LogP contribution in [0.1, 0.15) is 31.7 Å². The number of non-ortho nitro benzene ring substituents is 1. The van der Waals surface area contributed by atoms with E-state index in [1.165, 1.54) is 18.9 Å². The van der Waals surface area contributed by atoms with Gasteiger partial charge in [-0.1, -0.05) is 6.92 Å². The third-order valence-corrected chi connectivity index (χ3v) is 3.80. The molecule has 1 aliphatic heterocycles. The van der Waals surface area contributed by atoms with E-state index in [0.29, 0.717) is 12.6 Å². The number of nitro groups is 1. The maximum atomic E-state index is 10.9. The fourth-order valence-corrected chi connectivity index (χ4v) is 2.75. The molecule has 0 aliphatic carbocycles. The highest BCUT2D eigenvalue weighted by Gasteiger charge is 2.24.